The van der Waals surface area contributed by atoms with Crippen molar-refractivity contribution in [3.05, 3.63) is 59.9 Å². The Bertz CT molecular complexity index is 1090. The van der Waals surface area contributed by atoms with Crippen LogP contribution in [0.25, 0.3) is 22.6 Å². The van der Waals surface area contributed by atoms with Crippen LogP contribution in [0.1, 0.15) is 30.5 Å². The molecule has 0 aliphatic heterocycles. The van der Waals surface area contributed by atoms with Crippen LogP contribution < -0.4 is 10.2 Å². The number of carbonyl (C=O) groups excluding carboxylic acids is 1. The van der Waals surface area contributed by atoms with Crippen molar-refractivity contribution in [1.82, 2.24) is 20.4 Å². The fourth-order valence-corrected chi connectivity index (χ4v) is 3.62. The van der Waals surface area contributed by atoms with E-state index in [1.807, 2.05) is 56.3 Å². The number of allylic oxidation sites excluding steroid dienone is 2. The summed E-state index contributed by atoms with van der Waals surface area (Å²) in [7, 11) is 3.82. The molecule has 0 saturated heterocycles. The topological polar surface area (TPSA) is 84.2 Å². The highest BCUT2D eigenvalue weighted by atomic mass is 16.5. The number of anilines is 1. The van der Waals surface area contributed by atoms with E-state index in [4.69, 9.17) is 9.51 Å². The number of nitrogens with one attached hydrogen (secondary N) is 1. The first kappa shape index (κ1) is 20.8. The molecular formula is C24H27N5O2. The Balaban J connectivity index is 1.54. The van der Waals surface area contributed by atoms with Crippen LogP contribution in [0.3, 0.4) is 0 Å². The first-order chi connectivity index (χ1) is 15.0. The van der Waals surface area contributed by atoms with Gasteiger partial charge in [-0.25, -0.2) is 9.97 Å². The minimum atomic E-state index is 0.0858. The second kappa shape index (κ2) is 9.12. The zero-order valence-electron chi connectivity index (χ0n) is 18.1. The Morgan fingerprint density at radius 3 is 2.68 bits per heavy atom. The number of rotatable bonds is 6. The molecule has 2 aromatic heterocycles. The fraction of sp³-hybridized carbons (Fsp3) is 0.333. The van der Waals surface area contributed by atoms with Gasteiger partial charge in [0, 0.05) is 44.4 Å². The summed E-state index contributed by atoms with van der Waals surface area (Å²) < 4.78 is 5.46. The third-order valence-corrected chi connectivity index (χ3v) is 5.40. The molecule has 4 rings (SSSR count). The molecular weight excluding hydrogens is 390 g/mol. The third kappa shape index (κ3) is 4.82. The second-order valence-corrected chi connectivity index (χ2v) is 8.06. The normalized spacial score (nSPS) is 15.6. The Kier molecular flexibility index (Phi) is 6.11. The Labute approximate surface area is 182 Å². The molecule has 160 valence electrons. The molecule has 2 heterocycles. The molecule has 0 spiro atoms. The minimum Gasteiger partial charge on any atom is -0.356 e. The molecule has 0 unspecified atom stereocenters. The summed E-state index contributed by atoms with van der Waals surface area (Å²) in [5, 5.41) is 7.06. The van der Waals surface area contributed by atoms with Crippen LogP contribution >= 0.6 is 0 Å². The number of amides is 1. The Morgan fingerprint density at radius 1 is 1.23 bits per heavy atom. The number of hydrogen-bond donors (Lipinski definition) is 1. The monoisotopic (exact) mass is 417 g/mol. The van der Waals surface area contributed by atoms with E-state index in [0.717, 1.165) is 47.3 Å². The number of aryl methyl sites for hydroxylation is 1. The van der Waals surface area contributed by atoms with Gasteiger partial charge in [0.05, 0.1) is 17.0 Å². The molecule has 7 heteroatoms. The van der Waals surface area contributed by atoms with E-state index in [-0.39, 0.29) is 11.8 Å². The quantitative estimate of drug-likeness (QED) is 0.607. The van der Waals surface area contributed by atoms with Crippen molar-refractivity contribution in [3.8, 4) is 22.6 Å². The average Bonchev–Trinajstić information content (AvgIpc) is 3.24. The summed E-state index contributed by atoms with van der Waals surface area (Å²) in [4.78, 5) is 23.4. The van der Waals surface area contributed by atoms with Gasteiger partial charge in [-0.05, 0) is 31.7 Å². The molecule has 0 saturated carbocycles. The lowest BCUT2D eigenvalue weighted by molar-refractivity contribution is -0.125. The van der Waals surface area contributed by atoms with Gasteiger partial charge in [0.15, 0.2) is 5.76 Å². The van der Waals surface area contributed by atoms with Crippen molar-refractivity contribution in [2.45, 2.75) is 32.7 Å². The zero-order chi connectivity index (χ0) is 21.8. The van der Waals surface area contributed by atoms with Crippen LogP contribution in [0.5, 0.6) is 0 Å². The summed E-state index contributed by atoms with van der Waals surface area (Å²) in [6, 6.07) is 9.94. The molecule has 3 aromatic rings. The lowest BCUT2D eigenvalue weighted by Crippen LogP contribution is -2.30. The highest BCUT2D eigenvalue weighted by Crippen LogP contribution is 2.31. The van der Waals surface area contributed by atoms with Crippen molar-refractivity contribution in [2.24, 2.45) is 5.92 Å². The predicted octanol–water partition coefficient (Wildman–Crippen LogP) is 4.15. The molecule has 31 heavy (non-hydrogen) atoms. The molecule has 7 nitrogen and oxygen atoms in total. The second-order valence-electron chi connectivity index (χ2n) is 8.06. The van der Waals surface area contributed by atoms with Gasteiger partial charge in [0.25, 0.3) is 0 Å². The van der Waals surface area contributed by atoms with Crippen molar-refractivity contribution in [3.63, 3.8) is 0 Å². The molecule has 1 N–H and O–H groups in total. The highest BCUT2D eigenvalue weighted by molar-refractivity contribution is 5.80. The van der Waals surface area contributed by atoms with Crippen molar-refractivity contribution in [2.75, 3.05) is 19.0 Å². The van der Waals surface area contributed by atoms with Crippen LogP contribution in [0.2, 0.25) is 0 Å². The summed E-state index contributed by atoms with van der Waals surface area (Å²) in [6.07, 6.45) is 8.74. The van der Waals surface area contributed by atoms with Crippen molar-refractivity contribution in [1.29, 1.82) is 0 Å². The Morgan fingerprint density at radius 2 is 2.03 bits per heavy atom. The number of benzene rings is 1. The van der Waals surface area contributed by atoms with Crippen LogP contribution in [-0.4, -0.2) is 35.1 Å². The van der Waals surface area contributed by atoms with Gasteiger partial charge < -0.3 is 14.7 Å². The summed E-state index contributed by atoms with van der Waals surface area (Å²) in [5.41, 5.74) is 4.36. The third-order valence-electron chi connectivity index (χ3n) is 5.40. The molecule has 0 radical (unpaired) electrons. The molecule has 0 fully saturated rings. The molecule has 1 atom stereocenters. The first-order valence-electron chi connectivity index (χ1n) is 10.5. The van der Waals surface area contributed by atoms with E-state index in [0.29, 0.717) is 18.3 Å². The molecule has 1 aliphatic carbocycles. The van der Waals surface area contributed by atoms with E-state index < -0.39 is 0 Å². The van der Waals surface area contributed by atoms with Crippen LogP contribution in [0.4, 0.5) is 5.95 Å². The van der Waals surface area contributed by atoms with Crippen LogP contribution in [-0.2, 0) is 11.3 Å². The van der Waals surface area contributed by atoms with Crippen molar-refractivity contribution < 1.29 is 9.32 Å². The van der Waals surface area contributed by atoms with Gasteiger partial charge in [-0.3, -0.25) is 4.79 Å². The molecule has 1 aromatic carbocycles. The van der Waals surface area contributed by atoms with Gasteiger partial charge in [-0.2, -0.15) is 0 Å². The van der Waals surface area contributed by atoms with Gasteiger partial charge in [-0.15, -0.1) is 0 Å². The summed E-state index contributed by atoms with van der Waals surface area (Å²) in [6.45, 7) is 2.40. The minimum absolute atomic E-state index is 0.0858. The predicted molar refractivity (Wildman–Crippen MR) is 120 cm³/mol. The summed E-state index contributed by atoms with van der Waals surface area (Å²) in [5.74, 6) is 1.47. The maximum atomic E-state index is 12.4. The van der Waals surface area contributed by atoms with E-state index in [2.05, 4.69) is 27.6 Å². The zero-order valence-corrected chi connectivity index (χ0v) is 18.1. The van der Waals surface area contributed by atoms with Gasteiger partial charge in [0.2, 0.25) is 11.9 Å². The van der Waals surface area contributed by atoms with E-state index >= 15 is 0 Å². The number of hydrogen-bond acceptors (Lipinski definition) is 6. The maximum absolute atomic E-state index is 12.4. The average molecular weight is 418 g/mol. The lowest BCUT2D eigenvalue weighted by atomic mass is 9.93. The first-order valence-corrected chi connectivity index (χ1v) is 10.5. The number of carbonyl (C=O) groups is 1. The van der Waals surface area contributed by atoms with Crippen LogP contribution in [0.15, 0.2) is 53.2 Å². The largest absolute Gasteiger partial charge is 0.356 e. The molecule has 0 bridgehead atoms. The van der Waals surface area contributed by atoms with E-state index in [1.165, 1.54) is 0 Å². The highest BCUT2D eigenvalue weighted by Gasteiger charge is 2.19. The van der Waals surface area contributed by atoms with E-state index in [9.17, 15) is 4.79 Å². The SMILES string of the molecule is Cc1cc(-c2cnc(N(C)C)nc2-c2ccc(CNC(=O)[C@@H]3CC=CCC3)cc2)on1. The molecule has 1 amide bonds. The molecule has 1 aliphatic rings. The Hall–Kier alpha value is -3.48. The smallest absolute Gasteiger partial charge is 0.225 e. The number of aromatic nitrogens is 3. The van der Waals surface area contributed by atoms with Gasteiger partial charge >= 0.3 is 0 Å². The van der Waals surface area contributed by atoms with Gasteiger partial charge in [-0.1, -0.05) is 41.6 Å². The fourth-order valence-electron chi connectivity index (χ4n) is 3.62. The standard InChI is InChI=1S/C24H27N5O2/c1-16-13-21(31-28-16)20-15-26-24(29(2)3)27-22(20)18-11-9-17(10-12-18)14-25-23(30)19-7-5-4-6-8-19/h4-5,9-13,15,19H,6-8,14H2,1-3H3,(H,25,30)/t19-/m1/s1. The van der Waals surface area contributed by atoms with E-state index in [1.54, 1.807) is 6.20 Å². The summed E-state index contributed by atoms with van der Waals surface area (Å²) >= 11 is 0. The van der Waals surface area contributed by atoms with Crippen LogP contribution in [0, 0.1) is 12.8 Å². The lowest BCUT2D eigenvalue weighted by Gasteiger charge is -2.17. The number of nitrogens with zero attached hydrogens (tertiary/aromatic N) is 4. The van der Waals surface area contributed by atoms with Gasteiger partial charge in [0.1, 0.15) is 0 Å². The maximum Gasteiger partial charge on any atom is 0.225 e. The van der Waals surface area contributed by atoms with Crippen molar-refractivity contribution >= 4 is 11.9 Å².